The van der Waals surface area contributed by atoms with E-state index < -0.39 is 0 Å². The maximum Gasteiger partial charge on any atom is 0.254 e. The van der Waals surface area contributed by atoms with Gasteiger partial charge in [0, 0.05) is 17.4 Å². The molecular formula is C21H23N3O2. The number of anilines is 2. The van der Waals surface area contributed by atoms with Crippen molar-refractivity contribution in [1.82, 2.24) is 5.32 Å². The summed E-state index contributed by atoms with van der Waals surface area (Å²) in [5.41, 5.74) is 1.88. The minimum absolute atomic E-state index is 0.0147. The first-order chi connectivity index (χ1) is 12.5. The molecule has 5 nitrogen and oxygen atoms in total. The van der Waals surface area contributed by atoms with Crippen molar-refractivity contribution in [2.45, 2.75) is 19.9 Å². The molecule has 134 valence electrons. The third kappa shape index (κ3) is 4.87. The average molecular weight is 349 g/mol. The molecule has 0 aliphatic heterocycles. The van der Waals surface area contributed by atoms with Crippen molar-refractivity contribution >= 4 is 23.2 Å². The molecule has 0 bridgehead atoms. The van der Waals surface area contributed by atoms with Crippen LogP contribution in [0, 0.1) is 12.3 Å². The molecule has 2 aromatic rings. The largest absolute Gasteiger partial charge is 0.375 e. The SMILES string of the molecule is C#CCNC(=O)c1ccccc1NCC(=O)N(c1ccccc1)C(C)C. The Bertz CT molecular complexity index is 794. The number of nitrogens with one attached hydrogen (secondary N) is 2. The number of para-hydroxylation sites is 2. The second-order valence-corrected chi connectivity index (χ2v) is 5.98. The fraction of sp³-hybridized carbons (Fsp3) is 0.238. The highest BCUT2D eigenvalue weighted by Crippen LogP contribution is 2.18. The minimum Gasteiger partial charge on any atom is -0.375 e. The zero-order valence-electron chi connectivity index (χ0n) is 15.0. The molecule has 26 heavy (non-hydrogen) atoms. The van der Waals surface area contributed by atoms with E-state index in [2.05, 4.69) is 16.6 Å². The van der Waals surface area contributed by atoms with Crippen molar-refractivity contribution in [3.05, 3.63) is 60.2 Å². The molecule has 0 saturated heterocycles. The normalized spacial score (nSPS) is 10.1. The van der Waals surface area contributed by atoms with Crippen LogP contribution in [0.15, 0.2) is 54.6 Å². The Morgan fingerprint density at radius 2 is 1.73 bits per heavy atom. The van der Waals surface area contributed by atoms with Gasteiger partial charge in [-0.25, -0.2) is 0 Å². The zero-order valence-corrected chi connectivity index (χ0v) is 15.0. The number of amides is 2. The molecule has 0 atom stereocenters. The van der Waals surface area contributed by atoms with Crippen molar-refractivity contribution in [3.8, 4) is 12.3 Å². The summed E-state index contributed by atoms with van der Waals surface area (Å²) in [7, 11) is 0. The van der Waals surface area contributed by atoms with Crippen LogP contribution in [0.1, 0.15) is 24.2 Å². The van der Waals surface area contributed by atoms with Gasteiger partial charge < -0.3 is 15.5 Å². The third-order valence-corrected chi connectivity index (χ3v) is 3.77. The molecule has 0 aliphatic rings. The summed E-state index contributed by atoms with van der Waals surface area (Å²) in [6.45, 7) is 4.16. The molecule has 0 saturated carbocycles. The topological polar surface area (TPSA) is 61.4 Å². The quantitative estimate of drug-likeness (QED) is 0.756. The molecule has 0 fully saturated rings. The van der Waals surface area contributed by atoms with E-state index in [1.807, 2.05) is 50.2 Å². The van der Waals surface area contributed by atoms with Crippen LogP contribution in [0.4, 0.5) is 11.4 Å². The number of carbonyl (C=O) groups excluding carboxylic acids is 2. The number of nitrogens with zero attached hydrogens (tertiary/aromatic N) is 1. The van der Waals surface area contributed by atoms with Gasteiger partial charge in [0.2, 0.25) is 5.91 Å². The molecule has 0 unspecified atom stereocenters. The summed E-state index contributed by atoms with van der Waals surface area (Å²) in [6.07, 6.45) is 5.18. The maximum atomic E-state index is 12.7. The highest BCUT2D eigenvalue weighted by molar-refractivity contribution is 6.01. The van der Waals surface area contributed by atoms with Crippen molar-refractivity contribution in [3.63, 3.8) is 0 Å². The Hall–Kier alpha value is -3.26. The van der Waals surface area contributed by atoms with Crippen LogP contribution in [0.3, 0.4) is 0 Å². The molecule has 5 heteroatoms. The van der Waals surface area contributed by atoms with Crippen LogP contribution >= 0.6 is 0 Å². The van der Waals surface area contributed by atoms with Gasteiger partial charge in [-0.05, 0) is 38.1 Å². The molecule has 0 heterocycles. The van der Waals surface area contributed by atoms with Gasteiger partial charge in [-0.3, -0.25) is 9.59 Å². The first-order valence-electron chi connectivity index (χ1n) is 8.46. The molecule has 0 radical (unpaired) electrons. The number of rotatable bonds is 7. The molecule has 2 aromatic carbocycles. The monoisotopic (exact) mass is 349 g/mol. The van der Waals surface area contributed by atoms with Crippen molar-refractivity contribution in [2.24, 2.45) is 0 Å². The van der Waals surface area contributed by atoms with Gasteiger partial charge in [-0.1, -0.05) is 36.3 Å². The summed E-state index contributed by atoms with van der Waals surface area (Å²) >= 11 is 0. The Morgan fingerprint density at radius 3 is 2.38 bits per heavy atom. The van der Waals surface area contributed by atoms with E-state index in [4.69, 9.17) is 6.42 Å². The van der Waals surface area contributed by atoms with E-state index in [-0.39, 0.29) is 30.9 Å². The second kappa shape index (κ2) is 9.28. The number of benzene rings is 2. The number of hydrogen-bond acceptors (Lipinski definition) is 3. The number of hydrogen-bond donors (Lipinski definition) is 2. The maximum absolute atomic E-state index is 12.7. The van der Waals surface area contributed by atoms with E-state index in [0.717, 1.165) is 5.69 Å². The Kier molecular flexibility index (Phi) is 6.81. The van der Waals surface area contributed by atoms with Gasteiger partial charge in [0.05, 0.1) is 18.7 Å². The summed E-state index contributed by atoms with van der Waals surface area (Å²) in [5, 5.41) is 5.70. The summed E-state index contributed by atoms with van der Waals surface area (Å²) in [4.78, 5) is 26.7. The van der Waals surface area contributed by atoms with Gasteiger partial charge in [0.15, 0.2) is 0 Å². The predicted molar refractivity (Wildman–Crippen MR) is 105 cm³/mol. The lowest BCUT2D eigenvalue weighted by atomic mass is 10.1. The van der Waals surface area contributed by atoms with E-state index in [1.54, 1.807) is 23.1 Å². The van der Waals surface area contributed by atoms with E-state index in [0.29, 0.717) is 11.3 Å². The van der Waals surface area contributed by atoms with E-state index in [9.17, 15) is 9.59 Å². The van der Waals surface area contributed by atoms with Gasteiger partial charge in [0.25, 0.3) is 5.91 Å². The lowest BCUT2D eigenvalue weighted by Gasteiger charge is -2.27. The van der Waals surface area contributed by atoms with Crippen LogP contribution in [0.5, 0.6) is 0 Å². The Balaban J connectivity index is 2.11. The van der Waals surface area contributed by atoms with Crippen LogP contribution in [-0.2, 0) is 4.79 Å². The van der Waals surface area contributed by atoms with E-state index in [1.165, 1.54) is 0 Å². The zero-order chi connectivity index (χ0) is 18.9. The average Bonchev–Trinajstić information content (AvgIpc) is 2.65. The molecule has 0 aliphatic carbocycles. The van der Waals surface area contributed by atoms with Crippen LogP contribution < -0.4 is 15.5 Å². The first-order valence-corrected chi connectivity index (χ1v) is 8.46. The molecule has 2 rings (SSSR count). The molecular weight excluding hydrogens is 326 g/mol. The second-order valence-electron chi connectivity index (χ2n) is 5.98. The minimum atomic E-state index is -0.276. The van der Waals surface area contributed by atoms with Crippen LogP contribution in [0.2, 0.25) is 0 Å². The van der Waals surface area contributed by atoms with Gasteiger partial charge in [-0.15, -0.1) is 6.42 Å². The highest BCUT2D eigenvalue weighted by Gasteiger charge is 2.19. The molecule has 2 amide bonds. The Labute approximate surface area is 154 Å². The van der Waals surface area contributed by atoms with Gasteiger partial charge >= 0.3 is 0 Å². The number of carbonyl (C=O) groups is 2. The summed E-state index contributed by atoms with van der Waals surface area (Å²) in [6, 6.07) is 16.6. The standard InChI is InChI=1S/C21H23N3O2/c1-4-14-22-21(26)18-12-8-9-13-19(18)23-15-20(25)24(16(2)3)17-10-6-5-7-11-17/h1,5-13,16,23H,14-15H2,2-3H3,(H,22,26). The van der Waals surface area contributed by atoms with Gasteiger partial charge in [-0.2, -0.15) is 0 Å². The fourth-order valence-electron chi connectivity index (χ4n) is 2.64. The van der Waals surface area contributed by atoms with Crippen molar-refractivity contribution in [2.75, 3.05) is 23.3 Å². The highest BCUT2D eigenvalue weighted by atomic mass is 16.2. The Morgan fingerprint density at radius 1 is 1.08 bits per heavy atom. The molecule has 0 aromatic heterocycles. The third-order valence-electron chi connectivity index (χ3n) is 3.77. The lowest BCUT2D eigenvalue weighted by molar-refractivity contribution is -0.117. The number of terminal acetylenes is 1. The van der Waals surface area contributed by atoms with Crippen molar-refractivity contribution in [1.29, 1.82) is 0 Å². The fourth-order valence-corrected chi connectivity index (χ4v) is 2.64. The summed E-state index contributed by atoms with van der Waals surface area (Å²) in [5.74, 6) is 2.02. The predicted octanol–water partition coefficient (Wildman–Crippen LogP) is 2.90. The van der Waals surface area contributed by atoms with Crippen molar-refractivity contribution < 1.29 is 9.59 Å². The first kappa shape index (κ1) is 19.1. The van der Waals surface area contributed by atoms with Crippen LogP contribution in [0.25, 0.3) is 0 Å². The van der Waals surface area contributed by atoms with Gasteiger partial charge in [0.1, 0.15) is 0 Å². The lowest BCUT2D eigenvalue weighted by Crippen LogP contribution is -2.40. The smallest absolute Gasteiger partial charge is 0.254 e. The molecule has 0 spiro atoms. The molecule has 2 N–H and O–H groups in total. The summed E-state index contributed by atoms with van der Waals surface area (Å²) < 4.78 is 0. The van der Waals surface area contributed by atoms with E-state index >= 15 is 0 Å². The van der Waals surface area contributed by atoms with Crippen LogP contribution in [-0.4, -0.2) is 30.9 Å².